The number of methoxy groups -OCH3 is 2. The van der Waals surface area contributed by atoms with Gasteiger partial charge >= 0.3 is 5.97 Å². The highest BCUT2D eigenvalue weighted by molar-refractivity contribution is 5.80. The second-order valence-electron chi connectivity index (χ2n) is 14.8. The van der Waals surface area contributed by atoms with E-state index < -0.39 is 0 Å². The van der Waals surface area contributed by atoms with Crippen molar-refractivity contribution >= 4 is 17.8 Å². The van der Waals surface area contributed by atoms with Crippen molar-refractivity contribution in [3.8, 4) is 0 Å². The molecule has 39 heavy (non-hydrogen) atoms. The second kappa shape index (κ2) is 14.8. The van der Waals surface area contributed by atoms with E-state index in [1.165, 1.54) is 0 Å². The van der Waals surface area contributed by atoms with Crippen LogP contribution in [0.25, 0.3) is 0 Å². The highest BCUT2D eigenvalue weighted by Gasteiger charge is 2.39. The molecule has 0 aliphatic carbocycles. The maximum atomic E-state index is 13.2. The average Bonchev–Trinajstić information content (AvgIpc) is 3.17. The summed E-state index contributed by atoms with van der Waals surface area (Å²) in [5, 5.41) is 2.92. The van der Waals surface area contributed by atoms with E-state index in [1.807, 2.05) is 4.90 Å². The van der Waals surface area contributed by atoms with E-state index in [1.54, 1.807) is 14.2 Å². The molecule has 2 amide bonds. The standard InChI is InChI=1S/C31H58N2O6/c1-12-13-28(2,3)20-30(6,7)16-27(36)39-19-25(34)32-22-31(8,9)21-29(4,5)15-26(35)33-17-24(38-11)14-23(33)18-37-10/h23-24H,12-22H2,1-11H3,(H,32,34). The molecule has 1 N–H and O–H groups in total. The van der Waals surface area contributed by atoms with Crippen molar-refractivity contribution in [2.75, 3.05) is 40.5 Å². The zero-order valence-electron chi connectivity index (χ0n) is 26.8. The number of esters is 1. The Balaban J connectivity index is 2.53. The lowest BCUT2D eigenvalue weighted by Crippen LogP contribution is -2.42. The minimum Gasteiger partial charge on any atom is -0.456 e. The van der Waals surface area contributed by atoms with Crippen LogP contribution in [0, 0.1) is 21.7 Å². The fraction of sp³-hybridized carbons (Fsp3) is 0.903. The Bertz CT molecular complexity index is 805. The predicted molar refractivity (Wildman–Crippen MR) is 155 cm³/mol. The highest BCUT2D eigenvalue weighted by atomic mass is 16.5. The van der Waals surface area contributed by atoms with Crippen LogP contribution in [0.1, 0.15) is 107 Å². The van der Waals surface area contributed by atoms with Gasteiger partial charge in [0.2, 0.25) is 5.91 Å². The van der Waals surface area contributed by atoms with Crippen molar-refractivity contribution in [1.29, 1.82) is 0 Å². The van der Waals surface area contributed by atoms with Crippen molar-refractivity contribution in [1.82, 2.24) is 10.2 Å². The summed E-state index contributed by atoms with van der Waals surface area (Å²) in [6.45, 7) is 20.4. The Morgan fingerprint density at radius 2 is 1.46 bits per heavy atom. The number of nitrogens with one attached hydrogen (secondary N) is 1. The number of carbonyl (C=O) groups is 3. The van der Waals surface area contributed by atoms with Gasteiger partial charge < -0.3 is 24.4 Å². The van der Waals surface area contributed by atoms with Crippen LogP contribution in [0.4, 0.5) is 0 Å². The largest absolute Gasteiger partial charge is 0.456 e. The van der Waals surface area contributed by atoms with Gasteiger partial charge in [-0.3, -0.25) is 14.4 Å². The molecule has 1 heterocycles. The van der Waals surface area contributed by atoms with Crippen LogP contribution >= 0.6 is 0 Å². The summed E-state index contributed by atoms with van der Waals surface area (Å²) < 4.78 is 16.1. The number of nitrogens with zero attached hydrogens (tertiary/aromatic N) is 1. The van der Waals surface area contributed by atoms with E-state index in [0.717, 1.165) is 32.1 Å². The molecule has 0 aromatic rings. The molecule has 8 nitrogen and oxygen atoms in total. The summed E-state index contributed by atoms with van der Waals surface area (Å²) in [4.78, 5) is 40.0. The summed E-state index contributed by atoms with van der Waals surface area (Å²) in [6.07, 6.45) is 5.39. The van der Waals surface area contributed by atoms with Gasteiger partial charge in [-0.05, 0) is 47.3 Å². The summed E-state index contributed by atoms with van der Waals surface area (Å²) in [6, 6.07) is 0.0339. The lowest BCUT2D eigenvalue weighted by molar-refractivity contribution is -0.151. The lowest BCUT2D eigenvalue weighted by Gasteiger charge is -2.36. The van der Waals surface area contributed by atoms with E-state index in [-0.39, 0.29) is 64.6 Å². The first-order valence-electron chi connectivity index (χ1n) is 14.6. The van der Waals surface area contributed by atoms with Crippen LogP contribution in [0.15, 0.2) is 0 Å². The maximum absolute atomic E-state index is 13.2. The van der Waals surface area contributed by atoms with Crippen molar-refractivity contribution < 1.29 is 28.6 Å². The van der Waals surface area contributed by atoms with E-state index in [4.69, 9.17) is 14.2 Å². The molecule has 0 spiro atoms. The molecule has 0 aromatic heterocycles. The molecular formula is C31H58N2O6. The van der Waals surface area contributed by atoms with Gasteiger partial charge in [0.1, 0.15) is 0 Å². The fourth-order valence-corrected chi connectivity index (χ4v) is 6.73. The predicted octanol–water partition coefficient (Wildman–Crippen LogP) is 5.37. The molecule has 228 valence electrons. The minimum absolute atomic E-state index is 0.0339. The molecule has 2 unspecified atom stereocenters. The van der Waals surface area contributed by atoms with Gasteiger partial charge in [0.15, 0.2) is 6.61 Å². The fourth-order valence-electron chi connectivity index (χ4n) is 6.73. The number of hydrogen-bond donors (Lipinski definition) is 1. The Kier molecular flexibility index (Phi) is 13.4. The number of likely N-dealkylation sites (tertiary alicyclic amines) is 1. The van der Waals surface area contributed by atoms with Gasteiger partial charge in [0.05, 0.1) is 25.2 Å². The SMILES string of the molecule is CCCC(C)(C)CC(C)(C)CC(=O)OCC(=O)NCC(C)(C)CC(C)(C)CC(=O)N1CC(OC)CC1COC. The number of amides is 2. The minimum atomic E-state index is -0.342. The molecule has 1 aliphatic heterocycles. The first-order valence-corrected chi connectivity index (χ1v) is 14.6. The van der Waals surface area contributed by atoms with Gasteiger partial charge in [0.25, 0.3) is 5.91 Å². The van der Waals surface area contributed by atoms with Gasteiger partial charge in [-0.15, -0.1) is 0 Å². The van der Waals surface area contributed by atoms with E-state index in [9.17, 15) is 14.4 Å². The van der Waals surface area contributed by atoms with Crippen LogP contribution < -0.4 is 5.32 Å². The average molecular weight is 555 g/mol. The van der Waals surface area contributed by atoms with Crippen molar-refractivity contribution in [3.05, 3.63) is 0 Å². The van der Waals surface area contributed by atoms with Crippen molar-refractivity contribution in [3.63, 3.8) is 0 Å². The highest BCUT2D eigenvalue weighted by Crippen LogP contribution is 2.39. The third-order valence-corrected chi connectivity index (χ3v) is 7.61. The van der Waals surface area contributed by atoms with Crippen LogP contribution in [0.5, 0.6) is 0 Å². The van der Waals surface area contributed by atoms with Gasteiger partial charge in [-0.25, -0.2) is 0 Å². The molecular weight excluding hydrogens is 496 g/mol. The number of carbonyl (C=O) groups excluding carboxylic acids is 3. The number of hydrogen-bond acceptors (Lipinski definition) is 6. The van der Waals surface area contributed by atoms with Gasteiger partial charge in [-0.2, -0.15) is 0 Å². The third-order valence-electron chi connectivity index (χ3n) is 7.61. The molecule has 0 saturated carbocycles. The number of ether oxygens (including phenoxy) is 3. The zero-order chi connectivity index (χ0) is 30.1. The summed E-state index contributed by atoms with van der Waals surface area (Å²) in [7, 11) is 3.33. The first kappa shape index (κ1) is 35.4. The Morgan fingerprint density at radius 1 is 0.872 bits per heavy atom. The van der Waals surface area contributed by atoms with Crippen molar-refractivity contribution in [2.24, 2.45) is 21.7 Å². The topological polar surface area (TPSA) is 94.2 Å². The molecule has 1 rings (SSSR count). The first-order chi connectivity index (χ1) is 17.8. The maximum Gasteiger partial charge on any atom is 0.306 e. The molecule has 2 atom stereocenters. The molecule has 0 aromatic carbocycles. The number of rotatable bonds is 17. The third kappa shape index (κ3) is 13.5. The van der Waals surface area contributed by atoms with Gasteiger partial charge in [0, 0.05) is 33.7 Å². The monoisotopic (exact) mass is 554 g/mol. The molecule has 1 fully saturated rings. The molecule has 0 radical (unpaired) electrons. The normalized spacial score (nSPS) is 18.8. The second-order valence-corrected chi connectivity index (χ2v) is 14.8. The van der Waals surface area contributed by atoms with E-state index >= 15 is 0 Å². The molecule has 8 heteroatoms. The Hall–Kier alpha value is -1.67. The molecule has 1 aliphatic rings. The van der Waals surface area contributed by atoms with Gasteiger partial charge in [-0.1, -0.05) is 68.7 Å². The Labute approximate surface area is 238 Å². The van der Waals surface area contributed by atoms with Crippen LogP contribution in [0.3, 0.4) is 0 Å². The summed E-state index contributed by atoms with van der Waals surface area (Å²) in [5.41, 5.74) is -0.549. The Morgan fingerprint density at radius 3 is 2.03 bits per heavy atom. The van der Waals surface area contributed by atoms with E-state index in [2.05, 4.69) is 67.6 Å². The molecule has 0 bridgehead atoms. The lowest BCUT2D eigenvalue weighted by atomic mass is 9.71. The van der Waals surface area contributed by atoms with Crippen LogP contribution in [-0.2, 0) is 28.6 Å². The van der Waals surface area contributed by atoms with E-state index in [0.29, 0.717) is 26.1 Å². The zero-order valence-corrected chi connectivity index (χ0v) is 26.8. The van der Waals surface area contributed by atoms with Crippen molar-refractivity contribution in [2.45, 2.75) is 119 Å². The quantitative estimate of drug-likeness (QED) is 0.243. The summed E-state index contributed by atoms with van der Waals surface area (Å²) in [5.74, 6) is -0.542. The van der Waals surface area contributed by atoms with Crippen LogP contribution in [0.2, 0.25) is 0 Å². The summed E-state index contributed by atoms with van der Waals surface area (Å²) >= 11 is 0. The smallest absolute Gasteiger partial charge is 0.306 e. The molecule has 1 saturated heterocycles. The van der Waals surface area contributed by atoms with Crippen LogP contribution in [-0.4, -0.2) is 75.4 Å².